The molecule has 120 valence electrons. The molecule has 0 aromatic heterocycles. The van der Waals surface area contributed by atoms with Crippen LogP contribution in [0.15, 0.2) is 48.5 Å². The van der Waals surface area contributed by atoms with E-state index in [1.165, 1.54) is 0 Å². The van der Waals surface area contributed by atoms with Crippen LogP contribution in [0.4, 0.5) is 11.4 Å². The summed E-state index contributed by atoms with van der Waals surface area (Å²) in [5.74, 6) is -0.101. The second kappa shape index (κ2) is 6.84. The van der Waals surface area contributed by atoms with Crippen LogP contribution in [0.3, 0.4) is 0 Å². The molecule has 0 spiro atoms. The minimum atomic E-state index is -0.175. The van der Waals surface area contributed by atoms with Crippen LogP contribution in [0.5, 0.6) is 0 Å². The highest BCUT2D eigenvalue weighted by molar-refractivity contribution is 6.04. The van der Waals surface area contributed by atoms with E-state index in [4.69, 9.17) is 0 Å². The first-order chi connectivity index (χ1) is 11.1. The third kappa shape index (κ3) is 3.90. The summed E-state index contributed by atoms with van der Waals surface area (Å²) >= 11 is 0. The van der Waals surface area contributed by atoms with Gasteiger partial charge in [0.25, 0.3) is 5.91 Å². The molecule has 0 aliphatic carbocycles. The van der Waals surface area contributed by atoms with Crippen LogP contribution in [0.1, 0.15) is 28.8 Å². The van der Waals surface area contributed by atoms with E-state index < -0.39 is 0 Å². The van der Waals surface area contributed by atoms with E-state index in [0.29, 0.717) is 5.56 Å². The molecule has 0 radical (unpaired) electrons. The largest absolute Gasteiger partial charge is 0.393 e. The van der Waals surface area contributed by atoms with Crippen molar-refractivity contribution in [1.82, 2.24) is 0 Å². The molecule has 0 bridgehead atoms. The Kier molecular flexibility index (Phi) is 4.63. The number of aliphatic hydroxyl groups is 1. The predicted octanol–water partition coefficient (Wildman–Crippen LogP) is 3.21. The van der Waals surface area contributed by atoms with Crippen molar-refractivity contribution in [3.63, 3.8) is 0 Å². The SMILES string of the molecule is Cc1cccc(NC(=O)c2ccc(N3CCC(O)CC3)cc2)c1. The van der Waals surface area contributed by atoms with Gasteiger partial charge in [0.2, 0.25) is 0 Å². The highest BCUT2D eigenvalue weighted by Crippen LogP contribution is 2.21. The predicted molar refractivity (Wildman–Crippen MR) is 93.0 cm³/mol. The Labute approximate surface area is 136 Å². The smallest absolute Gasteiger partial charge is 0.255 e. The van der Waals surface area contributed by atoms with Crippen LogP contribution in [-0.4, -0.2) is 30.2 Å². The molecule has 0 unspecified atom stereocenters. The van der Waals surface area contributed by atoms with Crippen LogP contribution in [-0.2, 0) is 0 Å². The van der Waals surface area contributed by atoms with E-state index in [1.807, 2.05) is 55.5 Å². The van der Waals surface area contributed by atoms with E-state index in [9.17, 15) is 9.90 Å². The Morgan fingerprint density at radius 1 is 1.13 bits per heavy atom. The molecular weight excluding hydrogens is 288 g/mol. The summed E-state index contributed by atoms with van der Waals surface area (Å²) in [6.07, 6.45) is 1.43. The van der Waals surface area contributed by atoms with Gasteiger partial charge in [0.05, 0.1) is 6.10 Å². The third-order valence-electron chi connectivity index (χ3n) is 4.24. The van der Waals surface area contributed by atoms with Gasteiger partial charge in [0.1, 0.15) is 0 Å². The fourth-order valence-electron chi connectivity index (χ4n) is 2.87. The van der Waals surface area contributed by atoms with Gasteiger partial charge >= 0.3 is 0 Å². The lowest BCUT2D eigenvalue weighted by molar-refractivity contribution is 0.102. The van der Waals surface area contributed by atoms with Crippen molar-refractivity contribution in [3.8, 4) is 0 Å². The number of hydrogen-bond donors (Lipinski definition) is 2. The second-order valence-corrected chi connectivity index (χ2v) is 6.09. The average Bonchev–Trinajstić information content (AvgIpc) is 2.56. The maximum atomic E-state index is 12.3. The van der Waals surface area contributed by atoms with E-state index >= 15 is 0 Å². The van der Waals surface area contributed by atoms with Crippen LogP contribution in [0, 0.1) is 6.92 Å². The van der Waals surface area contributed by atoms with E-state index in [1.54, 1.807) is 0 Å². The van der Waals surface area contributed by atoms with Gasteiger partial charge in [-0.05, 0) is 61.7 Å². The number of carbonyl (C=O) groups excluding carboxylic acids is 1. The Morgan fingerprint density at radius 3 is 2.48 bits per heavy atom. The minimum Gasteiger partial charge on any atom is -0.393 e. The summed E-state index contributed by atoms with van der Waals surface area (Å²) in [6, 6.07) is 15.4. The summed E-state index contributed by atoms with van der Waals surface area (Å²) in [5, 5.41) is 12.5. The van der Waals surface area contributed by atoms with Crippen molar-refractivity contribution in [3.05, 3.63) is 59.7 Å². The Morgan fingerprint density at radius 2 is 1.83 bits per heavy atom. The molecule has 2 aromatic carbocycles. The number of nitrogens with zero attached hydrogens (tertiary/aromatic N) is 1. The van der Waals surface area contributed by atoms with Gasteiger partial charge in [-0.2, -0.15) is 0 Å². The third-order valence-corrected chi connectivity index (χ3v) is 4.24. The van der Waals surface area contributed by atoms with Crippen molar-refractivity contribution in [1.29, 1.82) is 0 Å². The molecule has 0 saturated carbocycles. The molecule has 4 heteroatoms. The molecule has 1 fully saturated rings. The summed E-state index contributed by atoms with van der Waals surface area (Å²) in [4.78, 5) is 14.5. The van der Waals surface area contributed by atoms with E-state index in [-0.39, 0.29) is 12.0 Å². The van der Waals surface area contributed by atoms with Gasteiger partial charge in [-0.15, -0.1) is 0 Å². The van der Waals surface area contributed by atoms with E-state index in [0.717, 1.165) is 42.9 Å². The number of amides is 1. The first-order valence-electron chi connectivity index (χ1n) is 8.03. The Balaban J connectivity index is 1.65. The first-order valence-corrected chi connectivity index (χ1v) is 8.03. The van der Waals surface area contributed by atoms with Gasteiger partial charge in [-0.3, -0.25) is 4.79 Å². The molecule has 1 amide bonds. The lowest BCUT2D eigenvalue weighted by atomic mass is 10.1. The molecule has 3 rings (SSSR count). The summed E-state index contributed by atoms with van der Waals surface area (Å²) in [7, 11) is 0. The standard InChI is InChI=1S/C19H22N2O2/c1-14-3-2-4-16(13-14)20-19(23)15-5-7-17(8-6-15)21-11-9-18(22)10-12-21/h2-8,13,18,22H,9-12H2,1H3,(H,20,23). The molecule has 23 heavy (non-hydrogen) atoms. The van der Waals surface area contributed by atoms with Crippen molar-refractivity contribution in [2.24, 2.45) is 0 Å². The quantitative estimate of drug-likeness (QED) is 0.915. The topological polar surface area (TPSA) is 52.6 Å². The zero-order chi connectivity index (χ0) is 16.2. The van der Waals surface area contributed by atoms with Crippen LogP contribution in [0.25, 0.3) is 0 Å². The number of nitrogens with one attached hydrogen (secondary N) is 1. The maximum absolute atomic E-state index is 12.3. The minimum absolute atomic E-state index is 0.101. The lowest BCUT2D eigenvalue weighted by Gasteiger charge is -2.31. The van der Waals surface area contributed by atoms with Crippen LogP contribution < -0.4 is 10.2 Å². The highest BCUT2D eigenvalue weighted by atomic mass is 16.3. The fourth-order valence-corrected chi connectivity index (χ4v) is 2.87. The first kappa shape index (κ1) is 15.6. The molecule has 1 aliphatic rings. The fraction of sp³-hybridized carbons (Fsp3) is 0.316. The van der Waals surface area contributed by atoms with E-state index in [2.05, 4.69) is 10.2 Å². The lowest BCUT2D eigenvalue weighted by Crippen LogP contribution is -2.35. The molecular formula is C19H22N2O2. The molecule has 0 atom stereocenters. The number of rotatable bonds is 3. The number of benzene rings is 2. The number of hydrogen-bond acceptors (Lipinski definition) is 3. The van der Waals surface area contributed by atoms with Gasteiger partial charge in [-0.25, -0.2) is 0 Å². The average molecular weight is 310 g/mol. The summed E-state index contributed by atoms with van der Waals surface area (Å²) in [6.45, 7) is 3.71. The Hall–Kier alpha value is -2.33. The zero-order valence-corrected chi connectivity index (χ0v) is 13.3. The molecule has 1 aliphatic heterocycles. The number of aryl methyl sites for hydroxylation is 1. The van der Waals surface area contributed by atoms with Crippen molar-refractivity contribution in [2.45, 2.75) is 25.9 Å². The number of carbonyl (C=O) groups is 1. The molecule has 1 saturated heterocycles. The number of piperidine rings is 1. The van der Waals surface area contributed by atoms with Crippen LogP contribution in [0.2, 0.25) is 0 Å². The molecule has 2 aromatic rings. The van der Waals surface area contributed by atoms with Crippen LogP contribution >= 0.6 is 0 Å². The van der Waals surface area contributed by atoms with Crippen molar-refractivity contribution >= 4 is 17.3 Å². The number of anilines is 2. The van der Waals surface area contributed by atoms with Crippen molar-refractivity contribution in [2.75, 3.05) is 23.3 Å². The van der Waals surface area contributed by atoms with Gasteiger partial charge in [0, 0.05) is 30.0 Å². The molecule has 4 nitrogen and oxygen atoms in total. The maximum Gasteiger partial charge on any atom is 0.255 e. The van der Waals surface area contributed by atoms with Gasteiger partial charge in [0.15, 0.2) is 0 Å². The monoisotopic (exact) mass is 310 g/mol. The summed E-state index contributed by atoms with van der Waals surface area (Å²) < 4.78 is 0. The Bertz CT molecular complexity index is 674. The van der Waals surface area contributed by atoms with Gasteiger partial charge < -0.3 is 15.3 Å². The second-order valence-electron chi connectivity index (χ2n) is 6.09. The zero-order valence-electron chi connectivity index (χ0n) is 13.3. The molecule has 1 heterocycles. The highest BCUT2D eigenvalue weighted by Gasteiger charge is 2.17. The number of aliphatic hydroxyl groups excluding tert-OH is 1. The summed E-state index contributed by atoms with van der Waals surface area (Å²) in [5.41, 5.74) is 3.67. The molecule has 2 N–H and O–H groups in total. The normalized spacial score (nSPS) is 15.5. The van der Waals surface area contributed by atoms with Crippen molar-refractivity contribution < 1.29 is 9.90 Å². The van der Waals surface area contributed by atoms with Gasteiger partial charge in [-0.1, -0.05) is 12.1 Å².